The van der Waals surface area contributed by atoms with Gasteiger partial charge in [-0.25, -0.2) is 9.78 Å². The summed E-state index contributed by atoms with van der Waals surface area (Å²) in [5.41, 5.74) is 3.94. The molecule has 0 saturated carbocycles. The highest BCUT2D eigenvalue weighted by molar-refractivity contribution is 7.17. The number of ether oxygens (including phenoxy) is 4. The van der Waals surface area contributed by atoms with E-state index in [-0.39, 0.29) is 29.9 Å². The fraction of sp³-hybridized carbons (Fsp3) is 0.441. The van der Waals surface area contributed by atoms with Crippen LogP contribution in [0, 0.1) is 6.92 Å². The van der Waals surface area contributed by atoms with E-state index in [1.165, 1.54) is 6.92 Å². The third kappa shape index (κ3) is 8.39. The first-order valence-electron chi connectivity index (χ1n) is 15.6. The van der Waals surface area contributed by atoms with Crippen LogP contribution in [0.15, 0.2) is 29.1 Å². The average molecular weight is 667 g/mol. The maximum absolute atomic E-state index is 13.5. The van der Waals surface area contributed by atoms with Gasteiger partial charge in [-0.15, -0.1) is 0 Å². The highest BCUT2D eigenvalue weighted by Gasteiger charge is 2.29. The lowest BCUT2D eigenvalue weighted by atomic mass is 9.95. The largest absolute Gasteiger partial charge is 0.493 e. The fourth-order valence-electron chi connectivity index (χ4n) is 5.68. The molecular formula is C34H42N4O8S. The number of nitrogens with zero attached hydrogens (tertiary/aromatic N) is 1. The van der Waals surface area contributed by atoms with Gasteiger partial charge in [0.25, 0.3) is 0 Å². The number of methoxy groups -OCH3 is 3. The Hall–Kier alpha value is -4.65. The number of anilines is 2. The number of nitrogens with one attached hydrogen (secondary N) is 3. The first kappa shape index (κ1) is 35.2. The summed E-state index contributed by atoms with van der Waals surface area (Å²) >= 11 is 1.10. The van der Waals surface area contributed by atoms with Gasteiger partial charge in [-0.05, 0) is 74.4 Å². The summed E-state index contributed by atoms with van der Waals surface area (Å²) in [5.74, 6) is 0.656. The Balaban J connectivity index is 1.45. The normalized spacial score (nSPS) is 13.4. The molecule has 252 valence electrons. The molecule has 3 aromatic rings. The summed E-state index contributed by atoms with van der Waals surface area (Å²) in [7, 11) is 4.68. The fourth-order valence-corrected chi connectivity index (χ4v) is 6.56. The van der Waals surface area contributed by atoms with Gasteiger partial charge in [0.1, 0.15) is 4.88 Å². The van der Waals surface area contributed by atoms with Crippen LogP contribution in [0.4, 0.5) is 10.8 Å². The molecule has 2 amide bonds. The molecule has 4 rings (SSSR count). The van der Waals surface area contributed by atoms with Crippen molar-refractivity contribution in [1.29, 1.82) is 0 Å². The minimum Gasteiger partial charge on any atom is -0.493 e. The number of aromatic nitrogens is 1. The number of aryl methyl sites for hydroxylation is 2. The van der Waals surface area contributed by atoms with Gasteiger partial charge in [-0.2, -0.15) is 0 Å². The number of fused-ring (bicyclic) bond motifs is 3. The molecule has 1 aliphatic carbocycles. The van der Waals surface area contributed by atoms with Crippen molar-refractivity contribution in [2.45, 2.75) is 65.3 Å². The standard InChI is InChI=1S/C34H42N4O8S/c1-7-46-33(42)32-19(2)36-34(47-32)38-28(41)11-9-8-10-16-35-25-15-13-22-23(18-26(25)40)24(37-20(3)39)14-12-21-17-27(43-4)30(44-5)31(45-6)29(21)22/h13,15,17-18,24H,7-12,14,16H2,1-6H3,(H,35,40)(H,37,39)(H,36,38,41). The van der Waals surface area contributed by atoms with E-state index in [2.05, 4.69) is 20.9 Å². The van der Waals surface area contributed by atoms with Gasteiger partial charge >= 0.3 is 5.97 Å². The summed E-state index contributed by atoms with van der Waals surface area (Å²) in [5, 5.41) is 9.39. The molecule has 47 heavy (non-hydrogen) atoms. The number of hydrogen-bond acceptors (Lipinski definition) is 11. The number of amides is 2. The van der Waals surface area contributed by atoms with Crippen molar-refractivity contribution >= 4 is 39.9 Å². The minimum atomic E-state index is -0.447. The molecule has 3 N–H and O–H groups in total. The Morgan fingerprint density at radius 3 is 2.47 bits per heavy atom. The molecule has 13 heteroatoms. The van der Waals surface area contributed by atoms with E-state index < -0.39 is 5.97 Å². The van der Waals surface area contributed by atoms with Crippen molar-refractivity contribution in [1.82, 2.24) is 10.3 Å². The van der Waals surface area contributed by atoms with Crippen LogP contribution in [-0.2, 0) is 20.7 Å². The lowest BCUT2D eigenvalue weighted by Crippen LogP contribution is -2.26. The van der Waals surface area contributed by atoms with Crippen LogP contribution >= 0.6 is 11.3 Å². The molecule has 0 bridgehead atoms. The Morgan fingerprint density at radius 1 is 1.02 bits per heavy atom. The van der Waals surface area contributed by atoms with Crippen molar-refractivity contribution in [2.24, 2.45) is 0 Å². The number of unbranched alkanes of at least 4 members (excludes halogenated alkanes) is 2. The molecule has 1 aromatic heterocycles. The van der Waals surface area contributed by atoms with Gasteiger partial charge in [0.15, 0.2) is 16.6 Å². The average Bonchev–Trinajstić information content (AvgIpc) is 3.24. The highest BCUT2D eigenvalue weighted by atomic mass is 32.1. The zero-order chi connectivity index (χ0) is 34.1. The zero-order valence-corrected chi connectivity index (χ0v) is 28.5. The second-order valence-electron chi connectivity index (χ2n) is 11.0. The molecule has 0 fully saturated rings. The summed E-state index contributed by atoms with van der Waals surface area (Å²) in [6.07, 6.45) is 3.62. The quantitative estimate of drug-likeness (QED) is 0.150. The molecule has 1 aliphatic rings. The van der Waals surface area contributed by atoms with E-state index in [1.807, 2.05) is 12.1 Å². The topological polar surface area (TPSA) is 154 Å². The van der Waals surface area contributed by atoms with Crippen molar-refractivity contribution in [2.75, 3.05) is 45.1 Å². The van der Waals surface area contributed by atoms with Crippen LogP contribution in [-0.4, -0.2) is 57.2 Å². The van der Waals surface area contributed by atoms with Gasteiger partial charge in [-0.3, -0.25) is 14.4 Å². The van der Waals surface area contributed by atoms with Crippen LogP contribution in [0.1, 0.15) is 78.5 Å². The predicted octanol–water partition coefficient (Wildman–Crippen LogP) is 5.42. The van der Waals surface area contributed by atoms with E-state index in [9.17, 15) is 19.2 Å². The maximum atomic E-state index is 13.5. The molecule has 1 unspecified atom stereocenters. The number of carbonyl (C=O) groups is 3. The summed E-state index contributed by atoms with van der Waals surface area (Å²) in [6, 6.07) is 6.75. The van der Waals surface area contributed by atoms with E-state index >= 15 is 0 Å². The Morgan fingerprint density at radius 2 is 1.79 bits per heavy atom. The van der Waals surface area contributed by atoms with Gasteiger partial charge in [-0.1, -0.05) is 23.8 Å². The van der Waals surface area contributed by atoms with Crippen molar-refractivity contribution in [3.8, 4) is 28.4 Å². The van der Waals surface area contributed by atoms with Crippen LogP contribution in [0.25, 0.3) is 11.1 Å². The van der Waals surface area contributed by atoms with Crippen LogP contribution in [0.3, 0.4) is 0 Å². The second kappa shape index (κ2) is 16.3. The van der Waals surface area contributed by atoms with E-state index in [0.29, 0.717) is 76.4 Å². The third-order valence-electron chi connectivity index (χ3n) is 7.82. The van der Waals surface area contributed by atoms with E-state index in [0.717, 1.165) is 40.9 Å². The molecule has 1 atom stereocenters. The monoisotopic (exact) mass is 666 g/mol. The number of carbonyl (C=O) groups excluding carboxylic acids is 3. The van der Waals surface area contributed by atoms with Crippen molar-refractivity contribution in [3.63, 3.8) is 0 Å². The molecular weight excluding hydrogens is 624 g/mol. The van der Waals surface area contributed by atoms with Gasteiger partial charge in [0.2, 0.25) is 23.0 Å². The zero-order valence-electron chi connectivity index (χ0n) is 27.7. The smallest absolute Gasteiger partial charge is 0.350 e. The van der Waals surface area contributed by atoms with Gasteiger partial charge in [0, 0.05) is 25.5 Å². The molecule has 0 radical (unpaired) electrons. The van der Waals surface area contributed by atoms with E-state index in [4.69, 9.17) is 18.9 Å². The summed E-state index contributed by atoms with van der Waals surface area (Å²) in [6.45, 7) is 5.69. The molecule has 0 spiro atoms. The molecule has 0 aliphatic heterocycles. The molecule has 1 heterocycles. The number of esters is 1. The number of rotatable bonds is 14. The van der Waals surface area contributed by atoms with E-state index in [1.54, 1.807) is 47.3 Å². The van der Waals surface area contributed by atoms with Gasteiger partial charge in [0.05, 0.1) is 45.4 Å². The summed E-state index contributed by atoms with van der Waals surface area (Å²) in [4.78, 5) is 54.7. The number of benzene rings is 1. The van der Waals surface area contributed by atoms with Crippen molar-refractivity contribution in [3.05, 3.63) is 56.2 Å². The SMILES string of the molecule is CCOC(=O)c1sc(NC(=O)CCCCCNc2ccc3c(cc2=O)C(NC(C)=O)CCc2cc(OC)c(OC)c(OC)c2-3)nc1C. The lowest BCUT2D eigenvalue weighted by Gasteiger charge is -2.19. The number of hydrogen-bond donors (Lipinski definition) is 3. The molecule has 12 nitrogen and oxygen atoms in total. The Labute approximate surface area is 278 Å². The Kier molecular flexibility index (Phi) is 12.2. The summed E-state index contributed by atoms with van der Waals surface area (Å²) < 4.78 is 22.1. The Bertz CT molecular complexity index is 1690. The van der Waals surface area contributed by atoms with Crippen LogP contribution in [0.5, 0.6) is 17.2 Å². The highest BCUT2D eigenvalue weighted by Crippen LogP contribution is 2.50. The van der Waals surface area contributed by atoms with Crippen LogP contribution < -0.4 is 35.6 Å². The van der Waals surface area contributed by atoms with Crippen LogP contribution in [0.2, 0.25) is 0 Å². The first-order valence-corrected chi connectivity index (χ1v) is 16.4. The minimum absolute atomic E-state index is 0.181. The van der Waals surface area contributed by atoms with Crippen molar-refractivity contribution < 1.29 is 33.3 Å². The first-order chi connectivity index (χ1) is 22.6. The molecule has 2 aromatic carbocycles. The van der Waals surface area contributed by atoms with Gasteiger partial charge < -0.3 is 34.9 Å². The predicted molar refractivity (Wildman–Crippen MR) is 181 cm³/mol. The third-order valence-corrected chi connectivity index (χ3v) is 8.87. The maximum Gasteiger partial charge on any atom is 0.350 e. The lowest BCUT2D eigenvalue weighted by molar-refractivity contribution is -0.119. The second-order valence-corrected chi connectivity index (χ2v) is 12.0. The molecule has 0 saturated heterocycles. The number of thiazole rings is 1.